The molecule has 1 atom stereocenters. The average molecular weight is 238 g/mol. The summed E-state index contributed by atoms with van der Waals surface area (Å²) < 4.78 is 5.14. The van der Waals surface area contributed by atoms with E-state index in [2.05, 4.69) is 27.3 Å². The third-order valence-electron chi connectivity index (χ3n) is 3.16. The van der Waals surface area contributed by atoms with Crippen LogP contribution >= 0.6 is 0 Å². The van der Waals surface area contributed by atoms with E-state index >= 15 is 0 Å². The number of nitrogens with zero attached hydrogens (tertiary/aromatic N) is 3. The summed E-state index contributed by atoms with van der Waals surface area (Å²) in [6.45, 7) is 9.38. The largest absolute Gasteiger partial charge is 0.338 e. The van der Waals surface area contributed by atoms with Crippen molar-refractivity contribution in [1.82, 2.24) is 20.4 Å². The van der Waals surface area contributed by atoms with Gasteiger partial charge >= 0.3 is 0 Å². The van der Waals surface area contributed by atoms with Crippen LogP contribution in [0.5, 0.6) is 0 Å². The predicted octanol–water partition coefficient (Wildman–Crippen LogP) is 1.20. The number of rotatable bonds is 6. The Kier molecular flexibility index (Phi) is 4.50. The summed E-state index contributed by atoms with van der Waals surface area (Å²) in [5, 5.41) is 7.30. The zero-order chi connectivity index (χ0) is 12.1. The molecule has 0 aromatic carbocycles. The number of aromatic nitrogens is 2. The zero-order valence-electron chi connectivity index (χ0n) is 10.8. The molecule has 1 unspecified atom stereocenters. The number of hydrogen-bond acceptors (Lipinski definition) is 5. The maximum atomic E-state index is 5.14. The Morgan fingerprint density at radius 2 is 2.41 bits per heavy atom. The van der Waals surface area contributed by atoms with Gasteiger partial charge in [-0.05, 0) is 45.3 Å². The fourth-order valence-electron chi connectivity index (χ4n) is 2.30. The second kappa shape index (κ2) is 6.12. The molecule has 5 nitrogen and oxygen atoms in total. The number of likely N-dealkylation sites (tertiary alicyclic amines) is 1. The van der Waals surface area contributed by atoms with Crippen molar-refractivity contribution in [2.24, 2.45) is 5.92 Å². The summed E-state index contributed by atoms with van der Waals surface area (Å²) in [6, 6.07) is 0. The monoisotopic (exact) mass is 238 g/mol. The van der Waals surface area contributed by atoms with Crippen molar-refractivity contribution in [2.75, 3.05) is 26.2 Å². The van der Waals surface area contributed by atoms with Crippen molar-refractivity contribution < 1.29 is 4.52 Å². The molecule has 5 heteroatoms. The van der Waals surface area contributed by atoms with E-state index in [1.807, 2.05) is 6.92 Å². The molecule has 17 heavy (non-hydrogen) atoms. The molecule has 2 rings (SSSR count). The van der Waals surface area contributed by atoms with Crippen LogP contribution in [0.3, 0.4) is 0 Å². The minimum atomic E-state index is 0.723. The quantitative estimate of drug-likeness (QED) is 0.755. The summed E-state index contributed by atoms with van der Waals surface area (Å²) >= 11 is 0. The first-order valence-electron chi connectivity index (χ1n) is 6.50. The maximum Gasteiger partial charge on any atom is 0.240 e. The summed E-state index contributed by atoms with van der Waals surface area (Å²) in [7, 11) is 0. The van der Waals surface area contributed by atoms with E-state index in [0.717, 1.165) is 50.4 Å². The van der Waals surface area contributed by atoms with Gasteiger partial charge in [0.05, 0.1) is 6.54 Å². The highest BCUT2D eigenvalue weighted by atomic mass is 16.5. The Balaban J connectivity index is 1.70. The highest BCUT2D eigenvalue weighted by Crippen LogP contribution is 2.17. The standard InChI is InChI=1S/C12H22N4O/c1-3-5-13-7-11-4-6-16(8-11)9-12-14-10(2)15-17-12/h11,13H,3-9H2,1-2H3. The molecule has 0 amide bonds. The molecule has 1 saturated heterocycles. The highest BCUT2D eigenvalue weighted by molar-refractivity contribution is 4.85. The predicted molar refractivity (Wildman–Crippen MR) is 65.6 cm³/mol. The molecule has 1 N–H and O–H groups in total. The van der Waals surface area contributed by atoms with Gasteiger partial charge < -0.3 is 9.84 Å². The van der Waals surface area contributed by atoms with Gasteiger partial charge in [0.15, 0.2) is 5.82 Å². The lowest BCUT2D eigenvalue weighted by molar-refractivity contribution is 0.259. The van der Waals surface area contributed by atoms with E-state index in [9.17, 15) is 0 Å². The van der Waals surface area contributed by atoms with E-state index in [0.29, 0.717) is 0 Å². The third-order valence-corrected chi connectivity index (χ3v) is 3.16. The van der Waals surface area contributed by atoms with Crippen LogP contribution in [-0.2, 0) is 6.54 Å². The Labute approximate surface area is 103 Å². The molecule has 1 aliphatic heterocycles. The SMILES string of the molecule is CCCNCC1CCN(Cc2nc(C)no2)C1. The fraction of sp³-hybridized carbons (Fsp3) is 0.833. The van der Waals surface area contributed by atoms with E-state index < -0.39 is 0 Å². The molecule has 0 spiro atoms. The molecule has 1 aromatic rings. The van der Waals surface area contributed by atoms with Gasteiger partial charge in [-0.1, -0.05) is 12.1 Å². The zero-order valence-corrected chi connectivity index (χ0v) is 10.8. The molecule has 0 bridgehead atoms. The van der Waals surface area contributed by atoms with Crippen molar-refractivity contribution >= 4 is 0 Å². The minimum absolute atomic E-state index is 0.723. The van der Waals surface area contributed by atoms with Crippen LogP contribution in [0, 0.1) is 12.8 Å². The topological polar surface area (TPSA) is 54.2 Å². The second-order valence-corrected chi connectivity index (χ2v) is 4.83. The Hall–Kier alpha value is -0.940. The normalized spacial score (nSPS) is 21.2. The first-order chi connectivity index (χ1) is 8.28. The fourth-order valence-corrected chi connectivity index (χ4v) is 2.30. The molecule has 1 aromatic heterocycles. The van der Waals surface area contributed by atoms with Crippen molar-refractivity contribution in [3.05, 3.63) is 11.7 Å². The van der Waals surface area contributed by atoms with Gasteiger partial charge in [0.1, 0.15) is 0 Å². The van der Waals surface area contributed by atoms with Gasteiger partial charge in [-0.15, -0.1) is 0 Å². The van der Waals surface area contributed by atoms with Gasteiger partial charge in [-0.2, -0.15) is 4.98 Å². The molecule has 96 valence electrons. The molecule has 0 saturated carbocycles. The summed E-state index contributed by atoms with van der Waals surface area (Å²) in [6.07, 6.45) is 2.47. The second-order valence-electron chi connectivity index (χ2n) is 4.83. The Morgan fingerprint density at radius 3 is 3.12 bits per heavy atom. The lowest BCUT2D eigenvalue weighted by atomic mass is 10.1. The minimum Gasteiger partial charge on any atom is -0.338 e. The van der Waals surface area contributed by atoms with Crippen LogP contribution in [0.25, 0.3) is 0 Å². The smallest absolute Gasteiger partial charge is 0.240 e. The van der Waals surface area contributed by atoms with Crippen molar-refractivity contribution in [3.63, 3.8) is 0 Å². The summed E-state index contributed by atoms with van der Waals surface area (Å²) in [5.74, 6) is 2.23. The summed E-state index contributed by atoms with van der Waals surface area (Å²) in [4.78, 5) is 6.63. The van der Waals surface area contributed by atoms with Gasteiger partial charge in [0.25, 0.3) is 0 Å². The molecule has 2 heterocycles. The molecule has 0 radical (unpaired) electrons. The van der Waals surface area contributed by atoms with Crippen molar-refractivity contribution in [3.8, 4) is 0 Å². The van der Waals surface area contributed by atoms with Gasteiger partial charge in [-0.25, -0.2) is 0 Å². The van der Waals surface area contributed by atoms with E-state index in [1.54, 1.807) is 0 Å². The summed E-state index contributed by atoms with van der Waals surface area (Å²) in [5.41, 5.74) is 0. The lowest BCUT2D eigenvalue weighted by Gasteiger charge is -2.13. The van der Waals surface area contributed by atoms with Crippen LogP contribution in [0.15, 0.2) is 4.52 Å². The highest BCUT2D eigenvalue weighted by Gasteiger charge is 2.23. The number of aryl methyl sites for hydroxylation is 1. The third kappa shape index (κ3) is 3.78. The molecule has 1 aliphatic rings. The van der Waals surface area contributed by atoms with Gasteiger partial charge in [-0.3, -0.25) is 4.90 Å². The van der Waals surface area contributed by atoms with Crippen LogP contribution < -0.4 is 5.32 Å². The van der Waals surface area contributed by atoms with E-state index in [-0.39, 0.29) is 0 Å². The maximum absolute atomic E-state index is 5.14. The Morgan fingerprint density at radius 1 is 1.53 bits per heavy atom. The van der Waals surface area contributed by atoms with Gasteiger partial charge in [0, 0.05) is 6.54 Å². The van der Waals surface area contributed by atoms with Crippen LogP contribution in [0.4, 0.5) is 0 Å². The average Bonchev–Trinajstić information content (AvgIpc) is 2.90. The number of hydrogen-bond donors (Lipinski definition) is 1. The molecular formula is C12H22N4O. The van der Waals surface area contributed by atoms with Crippen LogP contribution in [0.2, 0.25) is 0 Å². The first kappa shape index (κ1) is 12.5. The van der Waals surface area contributed by atoms with Gasteiger partial charge in [0.2, 0.25) is 5.89 Å². The lowest BCUT2D eigenvalue weighted by Crippen LogP contribution is -2.26. The van der Waals surface area contributed by atoms with E-state index in [4.69, 9.17) is 4.52 Å². The number of nitrogens with one attached hydrogen (secondary N) is 1. The molecule has 0 aliphatic carbocycles. The van der Waals surface area contributed by atoms with Crippen molar-refractivity contribution in [1.29, 1.82) is 0 Å². The van der Waals surface area contributed by atoms with E-state index in [1.165, 1.54) is 12.8 Å². The van der Waals surface area contributed by atoms with Crippen LogP contribution in [-0.4, -0.2) is 41.2 Å². The molecular weight excluding hydrogens is 216 g/mol. The Bertz CT molecular complexity index is 339. The first-order valence-corrected chi connectivity index (χ1v) is 6.50. The molecule has 1 fully saturated rings. The van der Waals surface area contributed by atoms with Crippen molar-refractivity contribution in [2.45, 2.75) is 33.2 Å². The van der Waals surface area contributed by atoms with Crippen LogP contribution in [0.1, 0.15) is 31.5 Å².